The zero-order valence-corrected chi connectivity index (χ0v) is 9.84. The van der Waals surface area contributed by atoms with Crippen molar-refractivity contribution in [1.82, 2.24) is 0 Å². The minimum absolute atomic E-state index is 0.213. The van der Waals surface area contributed by atoms with Crippen molar-refractivity contribution in [2.24, 2.45) is 0 Å². The minimum Gasteiger partial charge on any atom is -0.464 e. The number of ether oxygens (including phenoxy) is 2. The largest absolute Gasteiger partial charge is 0.464 e. The monoisotopic (exact) mass is 212 g/mol. The Hall–Kier alpha value is -0.830. The Balaban J connectivity index is 2.36. The molecule has 0 spiro atoms. The van der Waals surface area contributed by atoms with E-state index in [1.54, 1.807) is 0 Å². The molecule has 0 N–H and O–H groups in total. The van der Waals surface area contributed by atoms with E-state index in [-0.39, 0.29) is 12.1 Å². The van der Waals surface area contributed by atoms with E-state index in [9.17, 15) is 4.79 Å². The fourth-order valence-electron chi connectivity index (χ4n) is 1.42. The van der Waals surface area contributed by atoms with Gasteiger partial charge >= 0.3 is 5.97 Å². The Kier molecular flexibility index (Phi) is 4.82. The van der Waals surface area contributed by atoms with Crippen LogP contribution < -0.4 is 0 Å². The highest BCUT2D eigenvalue weighted by atomic mass is 16.6. The third kappa shape index (κ3) is 3.67. The van der Waals surface area contributed by atoms with Gasteiger partial charge in [0.05, 0.1) is 13.2 Å². The number of rotatable bonds is 4. The first kappa shape index (κ1) is 12.2. The zero-order chi connectivity index (χ0) is 11.3. The first-order chi connectivity index (χ1) is 7.15. The number of carbonyl (C=O) groups excluding carboxylic acids is 1. The average molecular weight is 212 g/mol. The van der Waals surface area contributed by atoms with Gasteiger partial charge < -0.3 is 9.47 Å². The van der Waals surface area contributed by atoms with E-state index in [0.717, 1.165) is 12.8 Å². The first-order valence-electron chi connectivity index (χ1n) is 5.58. The summed E-state index contributed by atoms with van der Waals surface area (Å²) in [4.78, 5) is 11.6. The molecule has 0 saturated heterocycles. The van der Waals surface area contributed by atoms with Crippen LogP contribution in [0.3, 0.4) is 0 Å². The molecule has 1 heterocycles. The van der Waals surface area contributed by atoms with E-state index >= 15 is 0 Å². The van der Waals surface area contributed by atoms with Crippen molar-refractivity contribution in [2.45, 2.75) is 46.1 Å². The van der Waals surface area contributed by atoms with Gasteiger partial charge in [-0.25, -0.2) is 4.79 Å². The van der Waals surface area contributed by atoms with Gasteiger partial charge in [-0.3, -0.25) is 0 Å². The molecule has 1 aliphatic rings. The maximum absolute atomic E-state index is 11.6. The number of hydrogen-bond donors (Lipinski definition) is 0. The molecule has 1 aliphatic heterocycles. The predicted octanol–water partition coefficient (Wildman–Crippen LogP) is 2.46. The van der Waals surface area contributed by atoms with E-state index in [0.29, 0.717) is 19.6 Å². The molecule has 3 heteroatoms. The second-order valence-corrected chi connectivity index (χ2v) is 4.09. The number of unbranched alkanes of at least 4 members (excludes halogenated alkanes) is 1. The molecule has 1 rings (SSSR count). The summed E-state index contributed by atoms with van der Waals surface area (Å²) in [6.45, 7) is 7.22. The van der Waals surface area contributed by atoms with Crippen LogP contribution in [-0.2, 0) is 14.3 Å². The van der Waals surface area contributed by atoms with Gasteiger partial charge in [0.15, 0.2) is 6.10 Å². The van der Waals surface area contributed by atoms with Crippen LogP contribution in [0.15, 0.2) is 11.1 Å². The topological polar surface area (TPSA) is 35.5 Å². The van der Waals surface area contributed by atoms with E-state index in [2.05, 4.69) is 6.92 Å². The van der Waals surface area contributed by atoms with E-state index in [1.165, 1.54) is 11.1 Å². The van der Waals surface area contributed by atoms with Crippen molar-refractivity contribution in [2.75, 3.05) is 13.2 Å². The van der Waals surface area contributed by atoms with Crippen molar-refractivity contribution in [1.29, 1.82) is 0 Å². The lowest BCUT2D eigenvalue weighted by molar-refractivity contribution is -0.157. The van der Waals surface area contributed by atoms with Gasteiger partial charge in [0, 0.05) is 6.42 Å². The van der Waals surface area contributed by atoms with Crippen LogP contribution in [0.5, 0.6) is 0 Å². The molecule has 3 nitrogen and oxygen atoms in total. The van der Waals surface area contributed by atoms with E-state index in [4.69, 9.17) is 9.47 Å². The normalized spacial score (nSPS) is 21.7. The molecule has 1 atom stereocenters. The second-order valence-electron chi connectivity index (χ2n) is 4.09. The maximum Gasteiger partial charge on any atom is 0.335 e. The standard InChI is InChI=1S/C12H20O3/c1-4-5-6-14-12(13)11-7-9(2)10(3)8-15-11/h11H,4-8H2,1-3H3. The second kappa shape index (κ2) is 5.91. The lowest BCUT2D eigenvalue weighted by atomic mass is 10.0. The fraction of sp³-hybridized carbons (Fsp3) is 0.750. The van der Waals surface area contributed by atoms with Crippen molar-refractivity contribution < 1.29 is 14.3 Å². The third-order valence-corrected chi connectivity index (χ3v) is 2.73. The summed E-state index contributed by atoms with van der Waals surface area (Å²) in [5.74, 6) is -0.213. The van der Waals surface area contributed by atoms with Gasteiger partial charge in [0.1, 0.15) is 0 Å². The number of carbonyl (C=O) groups is 1. The molecular weight excluding hydrogens is 192 g/mol. The van der Waals surface area contributed by atoms with Gasteiger partial charge in [0.25, 0.3) is 0 Å². The molecule has 0 saturated carbocycles. The highest BCUT2D eigenvalue weighted by Crippen LogP contribution is 2.20. The highest BCUT2D eigenvalue weighted by Gasteiger charge is 2.25. The van der Waals surface area contributed by atoms with Gasteiger partial charge in [-0.15, -0.1) is 0 Å². The molecule has 0 radical (unpaired) electrons. The molecule has 86 valence electrons. The van der Waals surface area contributed by atoms with Crippen molar-refractivity contribution in [3.63, 3.8) is 0 Å². The fourth-order valence-corrected chi connectivity index (χ4v) is 1.42. The summed E-state index contributed by atoms with van der Waals surface area (Å²) < 4.78 is 10.5. The minimum atomic E-state index is -0.384. The van der Waals surface area contributed by atoms with Crippen molar-refractivity contribution in [3.05, 3.63) is 11.1 Å². The molecule has 0 aromatic heterocycles. The molecule has 0 aromatic carbocycles. The maximum atomic E-state index is 11.6. The van der Waals surface area contributed by atoms with Gasteiger partial charge in [-0.2, -0.15) is 0 Å². The van der Waals surface area contributed by atoms with Crippen LogP contribution in [0.4, 0.5) is 0 Å². The molecule has 0 bridgehead atoms. The Morgan fingerprint density at radius 2 is 2.20 bits per heavy atom. The van der Waals surface area contributed by atoms with Gasteiger partial charge in [-0.05, 0) is 25.8 Å². The Morgan fingerprint density at radius 3 is 2.80 bits per heavy atom. The van der Waals surface area contributed by atoms with Crippen molar-refractivity contribution >= 4 is 5.97 Å². The molecular formula is C12H20O3. The van der Waals surface area contributed by atoms with Crippen molar-refractivity contribution in [3.8, 4) is 0 Å². The summed E-state index contributed by atoms with van der Waals surface area (Å²) in [5, 5.41) is 0. The van der Waals surface area contributed by atoms with Crippen LogP contribution in [0.1, 0.15) is 40.0 Å². The molecule has 15 heavy (non-hydrogen) atoms. The lowest BCUT2D eigenvalue weighted by Gasteiger charge is -2.23. The molecule has 1 unspecified atom stereocenters. The smallest absolute Gasteiger partial charge is 0.335 e. The zero-order valence-electron chi connectivity index (χ0n) is 9.84. The summed E-state index contributed by atoms with van der Waals surface area (Å²) in [7, 11) is 0. The van der Waals surface area contributed by atoms with Gasteiger partial charge in [0.2, 0.25) is 0 Å². The number of esters is 1. The Bertz CT molecular complexity index is 256. The van der Waals surface area contributed by atoms with Crippen LogP contribution >= 0.6 is 0 Å². The van der Waals surface area contributed by atoms with Crippen LogP contribution in [0, 0.1) is 0 Å². The molecule has 0 amide bonds. The van der Waals surface area contributed by atoms with E-state index in [1.807, 2.05) is 13.8 Å². The quantitative estimate of drug-likeness (QED) is 0.408. The van der Waals surface area contributed by atoms with E-state index < -0.39 is 0 Å². The Labute approximate surface area is 91.4 Å². The third-order valence-electron chi connectivity index (χ3n) is 2.73. The first-order valence-corrected chi connectivity index (χ1v) is 5.58. The van der Waals surface area contributed by atoms with Gasteiger partial charge in [-0.1, -0.05) is 18.9 Å². The summed E-state index contributed by atoms with van der Waals surface area (Å²) in [6.07, 6.45) is 2.26. The van der Waals surface area contributed by atoms with Crippen LogP contribution in [-0.4, -0.2) is 25.3 Å². The Morgan fingerprint density at radius 1 is 1.47 bits per heavy atom. The average Bonchev–Trinajstić information content (AvgIpc) is 2.22. The van der Waals surface area contributed by atoms with Crippen LogP contribution in [0.2, 0.25) is 0 Å². The number of hydrogen-bond acceptors (Lipinski definition) is 3. The summed E-state index contributed by atoms with van der Waals surface area (Å²) >= 11 is 0. The van der Waals surface area contributed by atoms with Crippen LogP contribution in [0.25, 0.3) is 0 Å². The highest BCUT2D eigenvalue weighted by molar-refractivity contribution is 5.75. The SMILES string of the molecule is CCCCOC(=O)C1CC(C)=C(C)CO1. The summed E-state index contributed by atoms with van der Waals surface area (Å²) in [6, 6.07) is 0. The summed E-state index contributed by atoms with van der Waals surface area (Å²) in [5.41, 5.74) is 2.48. The molecule has 0 fully saturated rings. The molecule has 0 aliphatic carbocycles. The molecule has 0 aromatic rings. The lowest BCUT2D eigenvalue weighted by Crippen LogP contribution is -2.31. The predicted molar refractivity (Wildman–Crippen MR) is 58.6 cm³/mol.